The van der Waals surface area contributed by atoms with Crippen molar-refractivity contribution >= 4 is 0 Å². The van der Waals surface area contributed by atoms with Crippen molar-refractivity contribution in [3.05, 3.63) is 0 Å². The lowest BCUT2D eigenvalue weighted by atomic mass is 9.78. The minimum Gasteiger partial charge on any atom is -0.145 e. The summed E-state index contributed by atoms with van der Waals surface area (Å²) in [4.78, 5) is 0. The van der Waals surface area contributed by atoms with E-state index in [4.69, 9.17) is 0 Å². The van der Waals surface area contributed by atoms with Crippen LogP contribution in [-0.2, 0) is 0 Å². The molecule has 1 saturated heterocycles. The van der Waals surface area contributed by atoms with E-state index in [-0.39, 0.29) is 0 Å². The van der Waals surface area contributed by atoms with Gasteiger partial charge in [-0.25, -0.2) is 0 Å². The third-order valence-electron chi connectivity index (χ3n) is 3.70. The number of nitrogens with zero attached hydrogens (tertiary/aromatic N) is 1. The molecule has 70 valence electrons. The van der Waals surface area contributed by atoms with E-state index in [1.54, 1.807) is 0 Å². The van der Waals surface area contributed by atoms with E-state index in [0.717, 1.165) is 17.0 Å². The highest BCUT2D eigenvalue weighted by Crippen LogP contribution is 2.50. The highest BCUT2D eigenvalue weighted by Gasteiger charge is 2.48. The number of hydrogen-bond acceptors (Lipinski definition) is 1. The van der Waals surface area contributed by atoms with Crippen LogP contribution >= 0.6 is 0 Å². The highest BCUT2D eigenvalue weighted by molar-refractivity contribution is 4.98. The molecule has 0 N–H and O–H groups in total. The van der Waals surface area contributed by atoms with E-state index >= 15 is 0 Å². The third-order valence-corrected chi connectivity index (χ3v) is 3.70. The molecule has 2 heteroatoms. The summed E-state index contributed by atoms with van der Waals surface area (Å²) >= 11 is 0. The van der Waals surface area contributed by atoms with E-state index < -0.39 is 0 Å². The number of rotatable bonds is 1. The van der Waals surface area contributed by atoms with Crippen LogP contribution in [0.1, 0.15) is 33.1 Å². The van der Waals surface area contributed by atoms with Crippen molar-refractivity contribution in [3.63, 3.8) is 0 Å². The summed E-state index contributed by atoms with van der Waals surface area (Å²) in [6.45, 7) is 5.98. The average Bonchev–Trinajstić information content (AvgIpc) is 2.31. The topological polar surface area (TPSA) is 3.24 Å². The van der Waals surface area contributed by atoms with Crippen molar-refractivity contribution < 1.29 is 4.48 Å². The first-order chi connectivity index (χ1) is 5.61. The molecule has 1 saturated carbocycles. The smallest absolute Gasteiger partial charge is 0.0360 e. The molecular formula is C10H18FN. The first-order valence-corrected chi connectivity index (χ1v) is 5.02. The molecule has 0 bridgehead atoms. The summed E-state index contributed by atoms with van der Waals surface area (Å²) in [6, 6.07) is 0. The normalized spacial score (nSPS) is 34.5. The zero-order valence-corrected chi connectivity index (χ0v) is 8.02. The lowest BCUT2D eigenvalue weighted by molar-refractivity contribution is -0.132. The maximum atomic E-state index is 12.6. The van der Waals surface area contributed by atoms with Gasteiger partial charge in [-0.15, -0.1) is 9.60 Å². The summed E-state index contributed by atoms with van der Waals surface area (Å²) < 4.78 is 12.6. The Hall–Kier alpha value is -0.110. The Balaban J connectivity index is 1.90. The van der Waals surface area contributed by atoms with Gasteiger partial charge in [0.15, 0.2) is 0 Å². The van der Waals surface area contributed by atoms with Gasteiger partial charge < -0.3 is 0 Å². The van der Waals surface area contributed by atoms with Crippen LogP contribution in [-0.4, -0.2) is 18.2 Å². The second kappa shape index (κ2) is 2.69. The molecule has 1 aliphatic heterocycles. The van der Waals surface area contributed by atoms with E-state index in [1.165, 1.54) is 19.3 Å². The van der Waals surface area contributed by atoms with Gasteiger partial charge in [0, 0.05) is 18.5 Å². The second-order valence-electron chi connectivity index (χ2n) is 5.03. The monoisotopic (exact) mass is 171 g/mol. The van der Waals surface area contributed by atoms with Crippen LogP contribution in [0.2, 0.25) is 0 Å². The maximum absolute atomic E-state index is 12.6. The zero-order valence-electron chi connectivity index (χ0n) is 8.02. The SMILES string of the molecule is CC(C)C1CCC2(C1)CN(F)C2. The molecule has 0 amide bonds. The van der Waals surface area contributed by atoms with Crippen molar-refractivity contribution in [1.82, 2.24) is 5.12 Å². The summed E-state index contributed by atoms with van der Waals surface area (Å²) in [5.41, 5.74) is 0.393. The number of hydrogen-bond donors (Lipinski definition) is 0. The van der Waals surface area contributed by atoms with Gasteiger partial charge in [-0.1, -0.05) is 13.8 Å². The van der Waals surface area contributed by atoms with Crippen LogP contribution in [0.15, 0.2) is 0 Å². The lowest BCUT2D eigenvalue weighted by Crippen LogP contribution is -2.50. The van der Waals surface area contributed by atoms with Gasteiger partial charge in [0.25, 0.3) is 0 Å². The molecule has 0 aromatic rings. The Bertz CT molecular complexity index is 173. The Morgan fingerprint density at radius 2 is 2.08 bits per heavy atom. The van der Waals surface area contributed by atoms with Crippen molar-refractivity contribution in [1.29, 1.82) is 0 Å². The summed E-state index contributed by atoms with van der Waals surface area (Å²) in [5.74, 6) is 1.65. The summed E-state index contributed by atoms with van der Waals surface area (Å²) in [7, 11) is 0. The minimum atomic E-state index is 0.393. The van der Waals surface area contributed by atoms with Crippen molar-refractivity contribution in [2.24, 2.45) is 17.3 Å². The first kappa shape index (κ1) is 8.49. The molecule has 1 aliphatic carbocycles. The van der Waals surface area contributed by atoms with Crippen molar-refractivity contribution in [2.45, 2.75) is 33.1 Å². The lowest BCUT2D eigenvalue weighted by Gasteiger charge is -2.43. The van der Waals surface area contributed by atoms with Gasteiger partial charge in [0.1, 0.15) is 0 Å². The molecule has 12 heavy (non-hydrogen) atoms. The number of halogens is 1. The highest BCUT2D eigenvalue weighted by atomic mass is 19.2. The average molecular weight is 171 g/mol. The van der Waals surface area contributed by atoms with Crippen LogP contribution in [0, 0.1) is 17.3 Å². The fraction of sp³-hybridized carbons (Fsp3) is 1.00. The quantitative estimate of drug-likeness (QED) is 0.548. The molecule has 1 unspecified atom stereocenters. The van der Waals surface area contributed by atoms with Gasteiger partial charge in [0.05, 0.1) is 0 Å². The Kier molecular flexibility index (Phi) is 1.90. The predicted molar refractivity (Wildman–Crippen MR) is 47.3 cm³/mol. The molecule has 2 fully saturated rings. The Morgan fingerprint density at radius 3 is 2.50 bits per heavy atom. The molecule has 2 rings (SSSR count). The summed E-state index contributed by atoms with van der Waals surface area (Å²) in [6.07, 6.45) is 3.85. The van der Waals surface area contributed by atoms with E-state index in [2.05, 4.69) is 13.8 Å². The van der Waals surface area contributed by atoms with Crippen LogP contribution < -0.4 is 0 Å². The fourth-order valence-electron chi connectivity index (χ4n) is 2.79. The van der Waals surface area contributed by atoms with Crippen LogP contribution in [0.4, 0.5) is 4.48 Å². The van der Waals surface area contributed by atoms with Gasteiger partial charge in [0.2, 0.25) is 0 Å². The van der Waals surface area contributed by atoms with Gasteiger partial charge >= 0.3 is 0 Å². The second-order valence-corrected chi connectivity index (χ2v) is 5.03. The largest absolute Gasteiger partial charge is 0.145 e. The van der Waals surface area contributed by atoms with Gasteiger partial charge in [-0.3, -0.25) is 0 Å². The summed E-state index contributed by atoms with van der Waals surface area (Å²) in [5, 5.41) is 0.961. The molecule has 0 aromatic heterocycles. The van der Waals surface area contributed by atoms with Crippen LogP contribution in [0.5, 0.6) is 0 Å². The van der Waals surface area contributed by atoms with Crippen molar-refractivity contribution in [2.75, 3.05) is 13.1 Å². The Morgan fingerprint density at radius 1 is 1.42 bits per heavy atom. The standard InChI is InChI=1S/C10H18FN/c1-8(2)9-3-4-10(5-9)6-12(11)7-10/h8-9H,3-7H2,1-2H3. The van der Waals surface area contributed by atoms with Crippen molar-refractivity contribution in [3.8, 4) is 0 Å². The van der Waals surface area contributed by atoms with Gasteiger partial charge in [-0.05, 0) is 31.1 Å². The molecule has 1 heterocycles. The third kappa shape index (κ3) is 1.26. The molecule has 0 aromatic carbocycles. The molecule has 1 atom stereocenters. The maximum Gasteiger partial charge on any atom is 0.0360 e. The van der Waals surface area contributed by atoms with Crippen LogP contribution in [0.25, 0.3) is 0 Å². The molecule has 1 nitrogen and oxygen atoms in total. The molecular weight excluding hydrogens is 153 g/mol. The van der Waals surface area contributed by atoms with E-state index in [0.29, 0.717) is 18.5 Å². The first-order valence-electron chi connectivity index (χ1n) is 5.02. The minimum absolute atomic E-state index is 0.393. The van der Waals surface area contributed by atoms with Gasteiger partial charge in [-0.2, -0.15) is 0 Å². The van der Waals surface area contributed by atoms with E-state index in [9.17, 15) is 4.48 Å². The fourth-order valence-corrected chi connectivity index (χ4v) is 2.79. The van der Waals surface area contributed by atoms with Crippen LogP contribution in [0.3, 0.4) is 0 Å². The molecule has 1 spiro atoms. The zero-order chi connectivity index (χ0) is 8.77. The predicted octanol–water partition coefficient (Wildman–Crippen LogP) is 2.63. The molecule has 0 radical (unpaired) electrons. The Labute approximate surface area is 73.9 Å². The molecule has 2 aliphatic rings. The van der Waals surface area contributed by atoms with E-state index in [1.807, 2.05) is 0 Å².